The van der Waals surface area contributed by atoms with Crippen LogP contribution in [0, 0.1) is 0 Å². The first-order valence-corrected chi connectivity index (χ1v) is 14.4. The third-order valence-electron chi connectivity index (χ3n) is 6.01. The Morgan fingerprint density at radius 3 is 2.32 bits per heavy atom. The van der Waals surface area contributed by atoms with Crippen molar-refractivity contribution in [3.05, 3.63) is 58.7 Å². The van der Waals surface area contributed by atoms with Crippen molar-refractivity contribution in [2.24, 2.45) is 4.99 Å². The van der Waals surface area contributed by atoms with Crippen molar-refractivity contribution in [3.8, 4) is 17.0 Å². The van der Waals surface area contributed by atoms with E-state index in [1.807, 2.05) is 43.3 Å². The molecule has 0 aliphatic carbocycles. The van der Waals surface area contributed by atoms with Crippen molar-refractivity contribution in [1.82, 2.24) is 8.87 Å². The monoisotopic (exact) mass is 499 g/mol. The minimum absolute atomic E-state index is 0.366. The van der Waals surface area contributed by atoms with Crippen molar-refractivity contribution in [1.29, 1.82) is 0 Å². The van der Waals surface area contributed by atoms with E-state index in [1.165, 1.54) is 0 Å². The molecule has 1 aromatic heterocycles. The topological polar surface area (TPSA) is 63.9 Å². The van der Waals surface area contributed by atoms with Gasteiger partial charge in [-0.2, -0.15) is 4.31 Å². The van der Waals surface area contributed by atoms with E-state index in [4.69, 9.17) is 9.73 Å². The minimum Gasteiger partial charge on any atom is -0.494 e. The molecule has 1 aliphatic rings. The molecule has 1 aliphatic heterocycles. The molecule has 0 amide bonds. The lowest BCUT2D eigenvalue weighted by Crippen LogP contribution is -2.27. The van der Waals surface area contributed by atoms with Crippen molar-refractivity contribution in [2.45, 2.75) is 57.4 Å². The number of hydrogen-bond donors (Lipinski definition) is 0. The van der Waals surface area contributed by atoms with Gasteiger partial charge in [-0.3, -0.25) is 0 Å². The van der Waals surface area contributed by atoms with Crippen LogP contribution in [0.25, 0.3) is 11.3 Å². The Kier molecular flexibility index (Phi) is 8.24. The lowest BCUT2D eigenvalue weighted by molar-refractivity contribution is 0.340. The van der Waals surface area contributed by atoms with Crippen LogP contribution in [0.5, 0.6) is 5.75 Å². The predicted octanol–water partition coefficient (Wildman–Crippen LogP) is 5.82. The summed E-state index contributed by atoms with van der Waals surface area (Å²) in [6.45, 7) is 6.91. The summed E-state index contributed by atoms with van der Waals surface area (Å²) in [6.07, 6.45) is 5.24. The number of unbranched alkanes of at least 4 members (excludes halogenated alkanes) is 2. The van der Waals surface area contributed by atoms with Gasteiger partial charge >= 0.3 is 0 Å². The van der Waals surface area contributed by atoms with Gasteiger partial charge in [-0.15, -0.1) is 11.3 Å². The first kappa shape index (κ1) is 24.7. The molecule has 0 saturated carbocycles. The van der Waals surface area contributed by atoms with Gasteiger partial charge in [0.1, 0.15) is 5.75 Å². The van der Waals surface area contributed by atoms with Crippen LogP contribution < -0.4 is 9.54 Å². The van der Waals surface area contributed by atoms with Crippen LogP contribution in [0.15, 0.2) is 63.8 Å². The van der Waals surface area contributed by atoms with Gasteiger partial charge < -0.3 is 9.30 Å². The number of hydrogen-bond acceptors (Lipinski definition) is 5. The van der Waals surface area contributed by atoms with Crippen LogP contribution >= 0.6 is 11.3 Å². The molecule has 0 unspecified atom stereocenters. The molecule has 4 rings (SSSR count). The normalized spacial score (nSPS) is 15.2. The molecule has 0 bridgehead atoms. The number of aromatic nitrogens is 1. The number of benzene rings is 2. The molecule has 0 spiro atoms. The average molecular weight is 500 g/mol. The highest BCUT2D eigenvalue weighted by atomic mass is 32.2. The molecule has 2 aromatic carbocycles. The Labute approximate surface area is 206 Å². The summed E-state index contributed by atoms with van der Waals surface area (Å²) in [4.78, 5) is 6.20. The summed E-state index contributed by atoms with van der Waals surface area (Å²) in [5.41, 5.74) is 2.95. The van der Waals surface area contributed by atoms with Gasteiger partial charge in [0.05, 0.1) is 22.9 Å². The van der Waals surface area contributed by atoms with Crippen LogP contribution in [0.1, 0.15) is 46.0 Å². The van der Waals surface area contributed by atoms with Crippen LogP contribution in [0.4, 0.5) is 5.69 Å². The van der Waals surface area contributed by atoms with Crippen molar-refractivity contribution in [2.75, 3.05) is 19.7 Å². The van der Waals surface area contributed by atoms with Crippen LogP contribution in [-0.4, -0.2) is 37.0 Å². The molecule has 2 heterocycles. The van der Waals surface area contributed by atoms with E-state index >= 15 is 0 Å². The minimum atomic E-state index is -3.41. The maximum atomic E-state index is 12.9. The zero-order valence-corrected chi connectivity index (χ0v) is 21.6. The molecule has 0 radical (unpaired) electrons. The Bertz CT molecular complexity index is 1240. The summed E-state index contributed by atoms with van der Waals surface area (Å²) in [5.74, 6) is 0.841. The van der Waals surface area contributed by atoms with Gasteiger partial charge in [0.25, 0.3) is 0 Å². The lowest BCUT2D eigenvalue weighted by Gasteiger charge is -2.16. The van der Waals surface area contributed by atoms with Crippen molar-refractivity contribution in [3.63, 3.8) is 0 Å². The SMILES string of the molecule is CCCCCn1c(-c2ccc(S(=O)(=O)N3CCCC3)cc2)csc1=Nc1ccc(OCC)cc1. The molecular weight excluding hydrogens is 466 g/mol. The Morgan fingerprint density at radius 2 is 1.68 bits per heavy atom. The number of thiazole rings is 1. The fourth-order valence-electron chi connectivity index (χ4n) is 4.15. The standard InChI is InChI=1S/C26H33N3O3S2/c1-3-5-6-19-29-25(20-33-26(29)27-22-11-13-23(14-12-22)32-4-2)21-9-15-24(16-10-21)34(30,31)28-17-7-8-18-28/h9-16,20H,3-8,17-19H2,1-2H3. The maximum Gasteiger partial charge on any atom is 0.243 e. The zero-order chi connectivity index (χ0) is 24.0. The van der Waals surface area contributed by atoms with E-state index in [1.54, 1.807) is 27.8 Å². The summed E-state index contributed by atoms with van der Waals surface area (Å²) in [6, 6.07) is 15.1. The number of sulfonamides is 1. The first-order chi connectivity index (χ1) is 16.5. The Hall–Kier alpha value is -2.42. The maximum absolute atomic E-state index is 12.9. The van der Waals surface area contributed by atoms with Gasteiger partial charge in [0, 0.05) is 25.0 Å². The molecule has 1 saturated heterocycles. The van der Waals surface area contributed by atoms with Crippen molar-refractivity contribution < 1.29 is 13.2 Å². The average Bonchev–Trinajstić information content (AvgIpc) is 3.52. The van der Waals surface area contributed by atoms with Gasteiger partial charge in [-0.1, -0.05) is 31.9 Å². The second-order valence-electron chi connectivity index (χ2n) is 8.44. The Balaban J connectivity index is 1.65. The molecular formula is C26H33N3O3S2. The number of ether oxygens (including phenoxy) is 1. The molecule has 0 atom stereocenters. The second kappa shape index (κ2) is 11.3. The number of rotatable bonds is 10. The highest BCUT2D eigenvalue weighted by Gasteiger charge is 2.27. The van der Waals surface area contributed by atoms with E-state index < -0.39 is 10.0 Å². The third kappa shape index (κ3) is 5.62. The van der Waals surface area contributed by atoms with Gasteiger partial charge in [-0.05, 0) is 68.1 Å². The highest BCUT2D eigenvalue weighted by molar-refractivity contribution is 7.89. The van der Waals surface area contributed by atoms with E-state index in [-0.39, 0.29) is 0 Å². The van der Waals surface area contributed by atoms with Crippen LogP contribution in [0.3, 0.4) is 0 Å². The van der Waals surface area contributed by atoms with Crippen LogP contribution in [0.2, 0.25) is 0 Å². The second-order valence-corrected chi connectivity index (χ2v) is 11.2. The fraction of sp³-hybridized carbons (Fsp3) is 0.423. The van der Waals surface area contributed by atoms with Crippen LogP contribution in [-0.2, 0) is 16.6 Å². The highest BCUT2D eigenvalue weighted by Crippen LogP contribution is 2.26. The van der Waals surface area contributed by atoms with Gasteiger partial charge in [0.2, 0.25) is 10.0 Å². The molecule has 34 heavy (non-hydrogen) atoms. The molecule has 182 valence electrons. The third-order valence-corrected chi connectivity index (χ3v) is 8.78. The molecule has 1 fully saturated rings. The molecule has 6 nitrogen and oxygen atoms in total. The predicted molar refractivity (Wildman–Crippen MR) is 138 cm³/mol. The summed E-state index contributed by atoms with van der Waals surface area (Å²) in [5, 5.41) is 2.11. The number of nitrogens with zero attached hydrogens (tertiary/aromatic N) is 3. The smallest absolute Gasteiger partial charge is 0.243 e. The van der Waals surface area contributed by atoms with E-state index in [2.05, 4.69) is 16.9 Å². The lowest BCUT2D eigenvalue weighted by atomic mass is 10.1. The largest absolute Gasteiger partial charge is 0.494 e. The Morgan fingerprint density at radius 1 is 0.971 bits per heavy atom. The van der Waals surface area contributed by atoms with E-state index in [0.717, 1.165) is 66.1 Å². The summed E-state index contributed by atoms with van der Waals surface area (Å²) >= 11 is 1.61. The quantitative estimate of drug-likeness (QED) is 0.330. The van der Waals surface area contributed by atoms with Gasteiger partial charge in [-0.25, -0.2) is 13.4 Å². The molecule has 3 aromatic rings. The van der Waals surface area contributed by atoms with Crippen molar-refractivity contribution >= 4 is 27.0 Å². The molecule has 8 heteroatoms. The van der Waals surface area contributed by atoms with E-state index in [9.17, 15) is 8.42 Å². The zero-order valence-electron chi connectivity index (χ0n) is 19.9. The fourth-order valence-corrected chi connectivity index (χ4v) is 6.63. The summed E-state index contributed by atoms with van der Waals surface area (Å²) in [7, 11) is -3.41. The van der Waals surface area contributed by atoms with Gasteiger partial charge in [0.15, 0.2) is 4.80 Å². The molecule has 0 N–H and O–H groups in total. The summed E-state index contributed by atoms with van der Waals surface area (Å²) < 4.78 is 35.2. The van der Waals surface area contributed by atoms with E-state index in [0.29, 0.717) is 24.6 Å². The first-order valence-electron chi connectivity index (χ1n) is 12.1.